The Hall–Kier alpha value is 0.410. The number of carboxylic acid groups (broad SMARTS) is 2. The molecule has 0 aromatic carbocycles. The normalized spacial score (nSPS) is 11.1. The SMILES string of the molecule is CCCCCCCCCCCCCCCCCC(=O)N[C@H](CCC(=O)[O-])C(=O)[O-].[Na+].[Na+]. The van der Waals surface area contributed by atoms with Crippen LogP contribution in [0.1, 0.15) is 122 Å². The van der Waals surface area contributed by atoms with Gasteiger partial charge in [0.2, 0.25) is 5.91 Å². The van der Waals surface area contributed by atoms with Gasteiger partial charge < -0.3 is 25.1 Å². The molecule has 0 unspecified atom stereocenters. The molecule has 8 heteroatoms. The van der Waals surface area contributed by atoms with Crippen LogP contribution in [0.5, 0.6) is 0 Å². The van der Waals surface area contributed by atoms with E-state index in [1.54, 1.807) is 0 Å². The molecule has 1 atom stereocenters. The number of hydrogen-bond donors (Lipinski definition) is 1. The summed E-state index contributed by atoms with van der Waals surface area (Å²) in [6, 6.07) is -1.27. The summed E-state index contributed by atoms with van der Waals surface area (Å²) in [6.45, 7) is 2.25. The average Bonchev–Trinajstić information content (AvgIpc) is 2.67. The van der Waals surface area contributed by atoms with E-state index < -0.39 is 24.4 Å². The van der Waals surface area contributed by atoms with E-state index in [2.05, 4.69) is 12.2 Å². The third-order valence-electron chi connectivity index (χ3n) is 5.26. The van der Waals surface area contributed by atoms with Crippen LogP contribution in [-0.4, -0.2) is 23.9 Å². The fourth-order valence-corrected chi connectivity index (χ4v) is 3.43. The molecule has 1 N–H and O–H groups in total. The zero-order chi connectivity index (χ0) is 21.7. The second-order valence-corrected chi connectivity index (χ2v) is 8.05. The summed E-state index contributed by atoms with van der Waals surface area (Å²) in [7, 11) is 0. The Labute approximate surface area is 233 Å². The van der Waals surface area contributed by atoms with E-state index >= 15 is 0 Å². The zero-order valence-corrected chi connectivity index (χ0v) is 24.3. The second-order valence-electron chi connectivity index (χ2n) is 8.05. The Morgan fingerprint density at radius 2 is 1.03 bits per heavy atom. The molecule has 170 valence electrons. The minimum absolute atomic E-state index is 0. The number of nitrogens with one attached hydrogen (secondary N) is 1. The molecule has 0 aromatic heterocycles. The van der Waals surface area contributed by atoms with Crippen LogP contribution >= 0.6 is 0 Å². The van der Waals surface area contributed by atoms with Crippen LogP contribution in [0.15, 0.2) is 0 Å². The molecule has 0 fully saturated rings. The molecule has 0 bridgehead atoms. The second kappa shape index (κ2) is 26.7. The number of aliphatic carboxylic acids is 2. The summed E-state index contributed by atoms with van der Waals surface area (Å²) in [6.07, 6.45) is 18.3. The largest absolute Gasteiger partial charge is 1.00 e. The van der Waals surface area contributed by atoms with Crippen LogP contribution in [-0.2, 0) is 14.4 Å². The van der Waals surface area contributed by atoms with Crippen molar-refractivity contribution in [1.29, 1.82) is 0 Å². The molecular formula is C23H41NNa2O5. The minimum Gasteiger partial charge on any atom is -0.550 e. The monoisotopic (exact) mass is 457 g/mol. The van der Waals surface area contributed by atoms with Gasteiger partial charge in [0.1, 0.15) is 0 Å². The number of amides is 1. The molecule has 0 saturated carbocycles. The maximum atomic E-state index is 11.8. The predicted molar refractivity (Wildman–Crippen MR) is 111 cm³/mol. The van der Waals surface area contributed by atoms with E-state index in [1.807, 2.05) is 0 Å². The standard InChI is InChI=1S/C23H43NO5.2Na/c1-2-3-4-5-6-7-8-9-10-11-12-13-14-15-16-17-21(25)24-20(23(28)29)18-19-22(26)27;;/h20H,2-19H2,1H3,(H,24,25)(H,26,27)(H,28,29);;/q;2*+1/p-2/t20-;;/m1../s1. The van der Waals surface area contributed by atoms with Crippen molar-refractivity contribution in [3.63, 3.8) is 0 Å². The number of carbonyl (C=O) groups excluding carboxylic acids is 3. The van der Waals surface area contributed by atoms with Gasteiger partial charge >= 0.3 is 59.1 Å². The molecule has 0 radical (unpaired) electrons. The fourth-order valence-electron chi connectivity index (χ4n) is 3.43. The molecule has 1 amide bonds. The topological polar surface area (TPSA) is 109 Å². The Morgan fingerprint density at radius 1 is 0.645 bits per heavy atom. The van der Waals surface area contributed by atoms with E-state index in [1.165, 1.54) is 77.0 Å². The van der Waals surface area contributed by atoms with E-state index in [4.69, 9.17) is 0 Å². The van der Waals surface area contributed by atoms with Gasteiger partial charge in [-0.05, 0) is 19.3 Å². The molecule has 0 aliphatic carbocycles. The third kappa shape index (κ3) is 26.5. The van der Waals surface area contributed by atoms with Crippen LogP contribution in [0.4, 0.5) is 0 Å². The van der Waals surface area contributed by atoms with E-state index in [-0.39, 0.29) is 77.9 Å². The molecule has 0 aliphatic heterocycles. The van der Waals surface area contributed by atoms with Gasteiger partial charge in [-0.2, -0.15) is 0 Å². The van der Waals surface area contributed by atoms with Crippen LogP contribution in [0.3, 0.4) is 0 Å². The summed E-state index contributed by atoms with van der Waals surface area (Å²) >= 11 is 0. The smallest absolute Gasteiger partial charge is 0.550 e. The molecule has 0 saturated heterocycles. The summed E-state index contributed by atoms with van der Waals surface area (Å²) in [4.78, 5) is 33.1. The summed E-state index contributed by atoms with van der Waals surface area (Å²) < 4.78 is 0. The number of hydrogen-bond acceptors (Lipinski definition) is 5. The first-order valence-electron chi connectivity index (χ1n) is 11.7. The first kappa shape index (κ1) is 36.0. The number of rotatable bonds is 21. The van der Waals surface area contributed by atoms with Gasteiger partial charge in [0.15, 0.2) is 0 Å². The van der Waals surface area contributed by atoms with Gasteiger partial charge in [-0.15, -0.1) is 0 Å². The van der Waals surface area contributed by atoms with Crippen molar-refractivity contribution in [3.05, 3.63) is 0 Å². The first-order chi connectivity index (χ1) is 14.0. The molecular weight excluding hydrogens is 416 g/mol. The predicted octanol–water partition coefficient (Wildman–Crippen LogP) is -2.98. The van der Waals surface area contributed by atoms with Gasteiger partial charge in [0.25, 0.3) is 0 Å². The quantitative estimate of drug-likeness (QED) is 0.146. The van der Waals surface area contributed by atoms with Crippen molar-refractivity contribution in [3.8, 4) is 0 Å². The molecule has 0 aromatic rings. The number of carbonyl (C=O) groups is 3. The van der Waals surface area contributed by atoms with Gasteiger partial charge in [0.05, 0.1) is 12.0 Å². The first-order valence-corrected chi connectivity index (χ1v) is 11.7. The van der Waals surface area contributed by atoms with Crippen LogP contribution < -0.4 is 74.6 Å². The summed E-state index contributed by atoms with van der Waals surface area (Å²) in [5.41, 5.74) is 0. The molecule has 0 heterocycles. The van der Waals surface area contributed by atoms with Gasteiger partial charge in [-0.3, -0.25) is 4.79 Å². The van der Waals surface area contributed by atoms with Crippen molar-refractivity contribution in [2.45, 2.75) is 129 Å². The molecule has 0 spiro atoms. The van der Waals surface area contributed by atoms with Crippen molar-refractivity contribution in [1.82, 2.24) is 5.32 Å². The van der Waals surface area contributed by atoms with Crippen molar-refractivity contribution in [2.24, 2.45) is 0 Å². The van der Waals surface area contributed by atoms with Crippen LogP contribution in [0.25, 0.3) is 0 Å². The molecule has 31 heavy (non-hydrogen) atoms. The maximum absolute atomic E-state index is 11.8. The third-order valence-corrected chi connectivity index (χ3v) is 5.26. The van der Waals surface area contributed by atoms with Gasteiger partial charge in [-0.1, -0.05) is 96.8 Å². The zero-order valence-electron chi connectivity index (χ0n) is 20.3. The Bertz CT molecular complexity index is 450. The minimum atomic E-state index is -1.46. The number of unbranched alkanes of at least 4 members (excludes halogenated alkanes) is 14. The van der Waals surface area contributed by atoms with Crippen molar-refractivity contribution in [2.75, 3.05) is 0 Å². The van der Waals surface area contributed by atoms with Crippen molar-refractivity contribution >= 4 is 17.8 Å². The molecule has 6 nitrogen and oxygen atoms in total. The average molecular weight is 458 g/mol. The van der Waals surface area contributed by atoms with Gasteiger partial charge in [-0.25, -0.2) is 0 Å². The van der Waals surface area contributed by atoms with E-state index in [9.17, 15) is 24.6 Å². The van der Waals surface area contributed by atoms with Crippen LogP contribution in [0, 0.1) is 0 Å². The summed E-state index contributed by atoms with van der Waals surface area (Å²) in [5, 5.41) is 23.7. The number of carboxylic acids is 2. The maximum Gasteiger partial charge on any atom is 1.00 e. The van der Waals surface area contributed by atoms with E-state index in [0.29, 0.717) is 6.42 Å². The molecule has 0 rings (SSSR count). The van der Waals surface area contributed by atoms with Gasteiger partial charge in [0, 0.05) is 12.4 Å². The fraction of sp³-hybridized carbons (Fsp3) is 0.870. The Kier molecular flexibility index (Phi) is 31.0. The summed E-state index contributed by atoms with van der Waals surface area (Å²) in [5.74, 6) is -3.17. The Morgan fingerprint density at radius 3 is 1.39 bits per heavy atom. The Balaban J connectivity index is -0.00000392. The molecule has 0 aliphatic rings. The van der Waals surface area contributed by atoms with Crippen LogP contribution in [0.2, 0.25) is 0 Å². The van der Waals surface area contributed by atoms with Crippen molar-refractivity contribution < 1.29 is 83.7 Å². The van der Waals surface area contributed by atoms with E-state index in [0.717, 1.165) is 12.8 Å².